The first-order chi connectivity index (χ1) is 7.92. The highest BCUT2D eigenvalue weighted by atomic mass is 19.1. The molecule has 1 rings (SSSR count). The zero-order valence-corrected chi connectivity index (χ0v) is 11.1. The summed E-state index contributed by atoms with van der Waals surface area (Å²) in [5, 5.41) is 0. The van der Waals surface area contributed by atoms with Gasteiger partial charge in [-0.1, -0.05) is 13.0 Å². The van der Waals surface area contributed by atoms with E-state index in [4.69, 9.17) is 10.5 Å². The summed E-state index contributed by atoms with van der Waals surface area (Å²) in [5.41, 5.74) is 7.88. The molecule has 2 nitrogen and oxygen atoms in total. The molecule has 0 heterocycles. The molecule has 0 saturated heterocycles. The first-order valence-electron chi connectivity index (χ1n) is 5.98. The number of rotatable bonds is 5. The van der Waals surface area contributed by atoms with Crippen LogP contribution in [0.3, 0.4) is 0 Å². The van der Waals surface area contributed by atoms with Gasteiger partial charge in [0.1, 0.15) is 5.82 Å². The Bertz CT molecular complexity index is 374. The van der Waals surface area contributed by atoms with Gasteiger partial charge in [-0.15, -0.1) is 0 Å². The summed E-state index contributed by atoms with van der Waals surface area (Å²) in [7, 11) is 1.68. The summed E-state index contributed by atoms with van der Waals surface area (Å²) >= 11 is 0. The quantitative estimate of drug-likeness (QED) is 0.857. The van der Waals surface area contributed by atoms with Crippen molar-refractivity contribution in [1.82, 2.24) is 0 Å². The molecule has 0 aliphatic carbocycles. The molecule has 0 saturated carbocycles. The van der Waals surface area contributed by atoms with E-state index >= 15 is 0 Å². The highest BCUT2D eigenvalue weighted by Gasteiger charge is 2.29. The largest absolute Gasteiger partial charge is 0.377 e. The first kappa shape index (κ1) is 14.1. The molecule has 1 aromatic carbocycles. The van der Waals surface area contributed by atoms with Gasteiger partial charge in [-0.05, 0) is 49.9 Å². The van der Waals surface area contributed by atoms with Gasteiger partial charge >= 0.3 is 0 Å². The molecule has 0 fully saturated rings. The van der Waals surface area contributed by atoms with Gasteiger partial charge < -0.3 is 10.5 Å². The number of hydrogen-bond acceptors (Lipinski definition) is 2. The number of halogens is 1. The van der Waals surface area contributed by atoms with Crippen molar-refractivity contribution >= 4 is 0 Å². The van der Waals surface area contributed by atoms with E-state index in [0.29, 0.717) is 6.42 Å². The van der Waals surface area contributed by atoms with Gasteiger partial charge in [0, 0.05) is 13.2 Å². The minimum atomic E-state index is -0.333. The van der Waals surface area contributed by atoms with Crippen LogP contribution in [0.15, 0.2) is 18.2 Å². The average Bonchev–Trinajstić information content (AvgIpc) is 2.31. The van der Waals surface area contributed by atoms with Crippen LogP contribution in [0.1, 0.15) is 31.4 Å². The third kappa shape index (κ3) is 3.27. The summed E-state index contributed by atoms with van der Waals surface area (Å²) < 4.78 is 18.5. The van der Waals surface area contributed by atoms with Gasteiger partial charge in [-0.2, -0.15) is 0 Å². The molecule has 0 amide bonds. The topological polar surface area (TPSA) is 35.2 Å². The molecule has 0 bridgehead atoms. The average molecular weight is 239 g/mol. The second-order valence-electron chi connectivity index (χ2n) is 4.75. The summed E-state index contributed by atoms with van der Waals surface area (Å²) in [5.74, 6) is -0.204. The summed E-state index contributed by atoms with van der Waals surface area (Å²) in [6.45, 7) is 5.97. The minimum Gasteiger partial charge on any atom is -0.377 e. The van der Waals surface area contributed by atoms with Crippen molar-refractivity contribution in [2.24, 2.45) is 5.73 Å². The smallest absolute Gasteiger partial charge is 0.123 e. The standard InChI is InChI=1S/C14H22FNO/c1-5-14(3,17-4)13(16)9-11-6-7-12(15)8-10(11)2/h6-8,13H,5,9,16H2,1-4H3. The van der Waals surface area contributed by atoms with Crippen LogP contribution in [0.5, 0.6) is 0 Å². The molecule has 0 aliphatic rings. The molecule has 96 valence electrons. The lowest BCUT2D eigenvalue weighted by Crippen LogP contribution is -2.48. The molecular weight excluding hydrogens is 217 g/mol. The van der Waals surface area contributed by atoms with Crippen molar-refractivity contribution in [3.05, 3.63) is 35.1 Å². The third-order valence-electron chi connectivity index (χ3n) is 3.70. The van der Waals surface area contributed by atoms with Crippen LogP contribution in [-0.2, 0) is 11.2 Å². The van der Waals surface area contributed by atoms with E-state index in [9.17, 15) is 4.39 Å². The number of nitrogens with two attached hydrogens (primary N) is 1. The molecule has 2 unspecified atom stereocenters. The summed E-state index contributed by atoms with van der Waals surface area (Å²) in [6, 6.07) is 4.72. The fraction of sp³-hybridized carbons (Fsp3) is 0.571. The van der Waals surface area contributed by atoms with Gasteiger partial charge in [0.25, 0.3) is 0 Å². The Morgan fingerprint density at radius 2 is 2.12 bits per heavy atom. The van der Waals surface area contributed by atoms with Crippen LogP contribution in [-0.4, -0.2) is 18.8 Å². The Morgan fingerprint density at radius 1 is 1.47 bits per heavy atom. The Kier molecular flexibility index (Phi) is 4.66. The monoisotopic (exact) mass is 239 g/mol. The molecule has 0 aromatic heterocycles. The lowest BCUT2D eigenvalue weighted by molar-refractivity contribution is -0.0184. The lowest BCUT2D eigenvalue weighted by atomic mass is 9.88. The van der Waals surface area contributed by atoms with Crippen molar-refractivity contribution in [2.45, 2.75) is 45.3 Å². The second-order valence-corrected chi connectivity index (χ2v) is 4.75. The molecule has 0 aliphatic heterocycles. The number of benzene rings is 1. The van der Waals surface area contributed by atoms with E-state index in [2.05, 4.69) is 6.92 Å². The van der Waals surface area contributed by atoms with Gasteiger partial charge in [0.05, 0.1) is 5.60 Å². The maximum Gasteiger partial charge on any atom is 0.123 e. The molecular formula is C14H22FNO. The fourth-order valence-electron chi connectivity index (χ4n) is 1.90. The molecule has 0 radical (unpaired) electrons. The number of aryl methyl sites for hydroxylation is 1. The van der Waals surface area contributed by atoms with Gasteiger partial charge in [0.15, 0.2) is 0 Å². The van der Waals surface area contributed by atoms with Gasteiger partial charge in [0.2, 0.25) is 0 Å². The summed E-state index contributed by atoms with van der Waals surface area (Å²) in [4.78, 5) is 0. The minimum absolute atomic E-state index is 0.0957. The Labute approximate surface area is 103 Å². The Hall–Kier alpha value is -0.930. The van der Waals surface area contributed by atoms with Crippen LogP contribution < -0.4 is 5.73 Å². The van der Waals surface area contributed by atoms with Crippen molar-refractivity contribution in [3.8, 4) is 0 Å². The van der Waals surface area contributed by atoms with Crippen molar-refractivity contribution < 1.29 is 9.13 Å². The van der Waals surface area contributed by atoms with E-state index in [0.717, 1.165) is 17.5 Å². The van der Waals surface area contributed by atoms with Gasteiger partial charge in [-0.3, -0.25) is 0 Å². The zero-order valence-electron chi connectivity index (χ0n) is 11.1. The number of ether oxygens (including phenoxy) is 1. The molecule has 0 spiro atoms. The fourth-order valence-corrected chi connectivity index (χ4v) is 1.90. The Balaban J connectivity index is 2.84. The van der Waals surface area contributed by atoms with Crippen LogP contribution in [0.4, 0.5) is 4.39 Å². The molecule has 3 heteroatoms. The van der Waals surface area contributed by atoms with E-state index in [1.807, 2.05) is 13.8 Å². The molecule has 2 atom stereocenters. The SMILES string of the molecule is CCC(C)(OC)C(N)Cc1ccc(F)cc1C. The maximum absolute atomic E-state index is 13.0. The van der Waals surface area contributed by atoms with E-state index in [1.54, 1.807) is 13.2 Å². The molecule has 17 heavy (non-hydrogen) atoms. The highest BCUT2D eigenvalue weighted by molar-refractivity contribution is 5.27. The summed E-state index contributed by atoms with van der Waals surface area (Å²) in [6.07, 6.45) is 1.55. The lowest BCUT2D eigenvalue weighted by Gasteiger charge is -2.33. The number of methoxy groups -OCH3 is 1. The van der Waals surface area contributed by atoms with Crippen LogP contribution >= 0.6 is 0 Å². The predicted molar refractivity (Wildman–Crippen MR) is 68.5 cm³/mol. The molecule has 2 N–H and O–H groups in total. The number of hydrogen-bond donors (Lipinski definition) is 1. The van der Waals surface area contributed by atoms with Gasteiger partial charge in [-0.25, -0.2) is 4.39 Å². The van der Waals surface area contributed by atoms with Crippen LogP contribution in [0.2, 0.25) is 0 Å². The zero-order chi connectivity index (χ0) is 13.1. The molecule has 1 aromatic rings. The van der Waals surface area contributed by atoms with E-state index < -0.39 is 0 Å². The highest BCUT2D eigenvalue weighted by Crippen LogP contribution is 2.22. The Morgan fingerprint density at radius 3 is 2.59 bits per heavy atom. The van der Waals surface area contributed by atoms with Crippen molar-refractivity contribution in [1.29, 1.82) is 0 Å². The van der Waals surface area contributed by atoms with Crippen molar-refractivity contribution in [2.75, 3.05) is 7.11 Å². The third-order valence-corrected chi connectivity index (χ3v) is 3.70. The van der Waals surface area contributed by atoms with E-state index in [-0.39, 0.29) is 17.5 Å². The predicted octanol–water partition coefficient (Wildman–Crippen LogP) is 2.82. The maximum atomic E-state index is 13.0. The van der Waals surface area contributed by atoms with Crippen LogP contribution in [0, 0.1) is 12.7 Å². The normalized spacial score (nSPS) is 16.6. The van der Waals surface area contributed by atoms with E-state index in [1.165, 1.54) is 12.1 Å². The van der Waals surface area contributed by atoms with Crippen molar-refractivity contribution in [3.63, 3.8) is 0 Å². The van der Waals surface area contributed by atoms with Crippen LogP contribution in [0.25, 0.3) is 0 Å². The first-order valence-corrected chi connectivity index (χ1v) is 5.98. The second kappa shape index (κ2) is 5.61.